The van der Waals surface area contributed by atoms with Gasteiger partial charge in [0.15, 0.2) is 0 Å². The van der Waals surface area contributed by atoms with E-state index in [2.05, 4.69) is 0 Å². The van der Waals surface area contributed by atoms with Crippen LogP contribution in [0.2, 0.25) is 0 Å². The van der Waals surface area contributed by atoms with Gasteiger partial charge in [-0.1, -0.05) is 23.8 Å². The van der Waals surface area contributed by atoms with Crippen molar-refractivity contribution in [1.29, 1.82) is 0 Å². The van der Waals surface area contributed by atoms with E-state index < -0.39 is 5.60 Å². The first kappa shape index (κ1) is 10.9. The lowest BCUT2D eigenvalue weighted by Crippen LogP contribution is -2.18. The Morgan fingerprint density at radius 3 is 2.21 bits per heavy atom. The smallest absolute Gasteiger partial charge is 0.123 e. The van der Waals surface area contributed by atoms with Crippen LogP contribution in [0.3, 0.4) is 0 Å². The molecule has 1 nitrogen and oxygen atoms in total. The van der Waals surface area contributed by atoms with Crippen molar-refractivity contribution in [2.75, 3.05) is 0 Å². The largest absolute Gasteiger partial charge is 0.381 e. The lowest BCUT2D eigenvalue weighted by Gasteiger charge is -2.20. The molecule has 0 saturated carbocycles. The maximum atomic E-state index is 12.6. The molecule has 1 aromatic carbocycles. The van der Waals surface area contributed by atoms with E-state index in [9.17, 15) is 9.50 Å². The highest BCUT2D eigenvalue weighted by molar-refractivity contribution is 5.27. The summed E-state index contributed by atoms with van der Waals surface area (Å²) in [4.78, 5) is 0. The highest BCUT2D eigenvalue weighted by Crippen LogP contribution is 2.23. The predicted octanol–water partition coefficient (Wildman–Crippen LogP) is 3.00. The molecule has 0 aliphatic rings. The Kier molecular flexibility index (Phi) is 3.06. The maximum Gasteiger partial charge on any atom is 0.123 e. The summed E-state index contributed by atoms with van der Waals surface area (Å²) in [5.74, 6) is -0.290. The van der Waals surface area contributed by atoms with Gasteiger partial charge >= 0.3 is 0 Å². The molecular weight excluding hydrogens is 179 g/mol. The molecule has 1 unspecified atom stereocenters. The van der Waals surface area contributed by atoms with E-state index in [1.165, 1.54) is 12.1 Å². The zero-order valence-electron chi connectivity index (χ0n) is 8.71. The minimum atomic E-state index is -1.02. The van der Waals surface area contributed by atoms with Gasteiger partial charge in [-0.15, -0.1) is 0 Å². The van der Waals surface area contributed by atoms with E-state index in [4.69, 9.17) is 0 Å². The van der Waals surface area contributed by atoms with Gasteiger partial charge in [-0.3, -0.25) is 0 Å². The Bertz CT molecular complexity index is 332. The van der Waals surface area contributed by atoms with E-state index in [1.54, 1.807) is 25.1 Å². The summed E-state index contributed by atoms with van der Waals surface area (Å²) in [5, 5.41) is 10.0. The SMILES string of the molecule is CC(C)=CC(C)(O)c1ccc(F)cc1. The number of rotatable bonds is 2. The van der Waals surface area contributed by atoms with Crippen LogP contribution < -0.4 is 0 Å². The van der Waals surface area contributed by atoms with Gasteiger partial charge in [0.1, 0.15) is 11.4 Å². The fraction of sp³-hybridized carbons (Fsp3) is 0.333. The van der Waals surface area contributed by atoms with Gasteiger partial charge in [0.05, 0.1) is 0 Å². The van der Waals surface area contributed by atoms with Gasteiger partial charge in [0, 0.05) is 0 Å². The second-order valence-electron chi connectivity index (χ2n) is 3.88. The van der Waals surface area contributed by atoms with E-state index in [-0.39, 0.29) is 5.82 Å². The van der Waals surface area contributed by atoms with Gasteiger partial charge < -0.3 is 5.11 Å². The van der Waals surface area contributed by atoms with Crippen LogP contribution in [-0.2, 0) is 5.60 Å². The fourth-order valence-corrected chi connectivity index (χ4v) is 1.43. The normalized spacial score (nSPS) is 14.6. The van der Waals surface area contributed by atoms with E-state index in [0.717, 1.165) is 5.57 Å². The number of halogens is 1. The summed E-state index contributed by atoms with van der Waals surface area (Å²) in [7, 11) is 0. The number of allylic oxidation sites excluding steroid dienone is 1. The highest BCUT2D eigenvalue weighted by atomic mass is 19.1. The average Bonchev–Trinajstić information content (AvgIpc) is 2.02. The van der Waals surface area contributed by atoms with Crippen molar-refractivity contribution in [2.45, 2.75) is 26.4 Å². The summed E-state index contributed by atoms with van der Waals surface area (Å²) in [6.45, 7) is 5.52. The first-order valence-corrected chi connectivity index (χ1v) is 4.56. The molecule has 14 heavy (non-hydrogen) atoms. The van der Waals surface area contributed by atoms with Gasteiger partial charge in [-0.05, 0) is 38.5 Å². The lowest BCUT2D eigenvalue weighted by atomic mass is 9.94. The molecule has 76 valence electrons. The van der Waals surface area contributed by atoms with Crippen molar-refractivity contribution in [1.82, 2.24) is 0 Å². The molecule has 0 heterocycles. The molecule has 0 aliphatic heterocycles. The lowest BCUT2D eigenvalue weighted by molar-refractivity contribution is 0.110. The molecule has 1 rings (SSSR count). The maximum absolute atomic E-state index is 12.6. The molecular formula is C12H15FO. The van der Waals surface area contributed by atoms with Gasteiger partial charge in [-0.25, -0.2) is 4.39 Å². The number of hydrogen-bond donors (Lipinski definition) is 1. The third kappa shape index (κ3) is 2.67. The van der Waals surface area contributed by atoms with Crippen molar-refractivity contribution < 1.29 is 9.50 Å². The number of hydrogen-bond acceptors (Lipinski definition) is 1. The van der Waals surface area contributed by atoms with Crippen LogP contribution in [-0.4, -0.2) is 5.11 Å². The number of aliphatic hydroxyl groups is 1. The van der Waals surface area contributed by atoms with Gasteiger partial charge in [0.25, 0.3) is 0 Å². The summed E-state index contributed by atoms with van der Waals surface area (Å²) in [6.07, 6.45) is 1.75. The Morgan fingerprint density at radius 2 is 1.79 bits per heavy atom. The number of benzene rings is 1. The molecule has 0 fully saturated rings. The minimum Gasteiger partial charge on any atom is -0.381 e. The minimum absolute atomic E-state index is 0.290. The van der Waals surface area contributed by atoms with Crippen molar-refractivity contribution in [3.05, 3.63) is 47.3 Å². The van der Waals surface area contributed by atoms with E-state index >= 15 is 0 Å². The molecule has 1 atom stereocenters. The second kappa shape index (κ2) is 3.93. The standard InChI is InChI=1S/C12H15FO/c1-9(2)8-12(3,14)10-4-6-11(13)7-5-10/h4-8,14H,1-3H3. The molecule has 0 saturated heterocycles. The molecule has 1 aromatic rings. The van der Waals surface area contributed by atoms with Crippen LogP contribution in [0.4, 0.5) is 4.39 Å². The zero-order valence-corrected chi connectivity index (χ0v) is 8.71. The quantitative estimate of drug-likeness (QED) is 0.717. The third-order valence-electron chi connectivity index (χ3n) is 2.00. The Morgan fingerprint density at radius 1 is 1.29 bits per heavy atom. The first-order chi connectivity index (χ1) is 6.42. The van der Waals surface area contributed by atoms with Crippen molar-refractivity contribution in [2.24, 2.45) is 0 Å². The van der Waals surface area contributed by atoms with Crippen molar-refractivity contribution >= 4 is 0 Å². The monoisotopic (exact) mass is 194 g/mol. The summed E-state index contributed by atoms with van der Waals surface area (Å²) in [6, 6.07) is 5.88. The van der Waals surface area contributed by atoms with Crippen LogP contribution in [0, 0.1) is 5.82 Å². The fourth-order valence-electron chi connectivity index (χ4n) is 1.43. The zero-order chi connectivity index (χ0) is 10.8. The van der Waals surface area contributed by atoms with Crippen LogP contribution in [0.1, 0.15) is 26.3 Å². The predicted molar refractivity (Wildman–Crippen MR) is 55.4 cm³/mol. The molecule has 1 N–H and O–H groups in total. The molecule has 0 radical (unpaired) electrons. The molecule has 0 aromatic heterocycles. The van der Waals surface area contributed by atoms with E-state index in [1.807, 2.05) is 13.8 Å². The summed E-state index contributed by atoms with van der Waals surface area (Å²) < 4.78 is 12.6. The Balaban J connectivity index is 3.04. The van der Waals surface area contributed by atoms with Crippen molar-refractivity contribution in [3.8, 4) is 0 Å². The highest BCUT2D eigenvalue weighted by Gasteiger charge is 2.19. The average molecular weight is 194 g/mol. The van der Waals surface area contributed by atoms with Crippen LogP contribution in [0.5, 0.6) is 0 Å². The third-order valence-corrected chi connectivity index (χ3v) is 2.00. The Labute approximate surface area is 83.9 Å². The first-order valence-electron chi connectivity index (χ1n) is 4.56. The van der Waals surface area contributed by atoms with Gasteiger partial charge in [0.2, 0.25) is 0 Å². The molecule has 0 spiro atoms. The molecule has 0 aliphatic carbocycles. The molecule has 2 heteroatoms. The van der Waals surface area contributed by atoms with Crippen LogP contribution in [0.15, 0.2) is 35.9 Å². The van der Waals surface area contributed by atoms with Crippen LogP contribution >= 0.6 is 0 Å². The molecule has 0 bridgehead atoms. The molecule has 0 amide bonds. The van der Waals surface area contributed by atoms with E-state index in [0.29, 0.717) is 5.56 Å². The van der Waals surface area contributed by atoms with Gasteiger partial charge in [-0.2, -0.15) is 0 Å². The topological polar surface area (TPSA) is 20.2 Å². The Hall–Kier alpha value is -1.15. The van der Waals surface area contributed by atoms with Crippen LogP contribution in [0.25, 0.3) is 0 Å². The van der Waals surface area contributed by atoms with Crippen molar-refractivity contribution in [3.63, 3.8) is 0 Å². The second-order valence-corrected chi connectivity index (χ2v) is 3.88. The summed E-state index contributed by atoms with van der Waals surface area (Å²) >= 11 is 0. The summed E-state index contributed by atoms with van der Waals surface area (Å²) in [5.41, 5.74) is 0.700.